The van der Waals surface area contributed by atoms with E-state index in [0.29, 0.717) is 12.5 Å². The summed E-state index contributed by atoms with van der Waals surface area (Å²) in [6, 6.07) is 15.7. The van der Waals surface area contributed by atoms with Crippen LogP contribution in [0.25, 0.3) is 5.69 Å². The molecular weight excluding hydrogens is 304 g/mol. The molecule has 4 rings (SSSR count). The predicted octanol–water partition coefficient (Wildman–Crippen LogP) is 2.42. The maximum absolute atomic E-state index is 12.3. The zero-order valence-corrected chi connectivity index (χ0v) is 13.4. The Morgan fingerprint density at radius 1 is 1.08 bits per heavy atom. The van der Waals surface area contributed by atoms with Crippen molar-refractivity contribution in [2.75, 3.05) is 0 Å². The van der Waals surface area contributed by atoms with E-state index in [2.05, 4.69) is 16.5 Å². The van der Waals surface area contributed by atoms with Crippen LogP contribution in [-0.4, -0.2) is 19.8 Å². The van der Waals surface area contributed by atoms with Crippen molar-refractivity contribution in [3.05, 3.63) is 70.1 Å². The van der Waals surface area contributed by atoms with Gasteiger partial charge in [-0.25, -0.2) is 4.79 Å². The first-order valence-electron chi connectivity index (χ1n) is 8.03. The number of hydrogen-bond acceptors (Lipinski definition) is 4. The first-order valence-corrected chi connectivity index (χ1v) is 8.03. The van der Waals surface area contributed by atoms with Gasteiger partial charge in [-0.3, -0.25) is 0 Å². The smallest absolute Gasteiger partial charge is 0.368 e. The maximum atomic E-state index is 12.3. The molecule has 1 heterocycles. The molecule has 1 aromatic heterocycles. The molecular formula is C18H18N4O2. The topological polar surface area (TPSA) is 61.9 Å². The number of para-hydroxylation sites is 1. The molecule has 122 valence electrons. The van der Waals surface area contributed by atoms with Crippen LogP contribution in [0.1, 0.15) is 29.9 Å². The Balaban J connectivity index is 1.75. The Hall–Kier alpha value is -2.89. The van der Waals surface area contributed by atoms with Crippen LogP contribution in [0.4, 0.5) is 0 Å². The molecule has 0 saturated heterocycles. The van der Waals surface area contributed by atoms with Crippen molar-refractivity contribution in [1.82, 2.24) is 19.8 Å². The van der Waals surface area contributed by atoms with E-state index < -0.39 is 0 Å². The van der Waals surface area contributed by atoms with Gasteiger partial charge in [-0.05, 0) is 52.9 Å². The van der Waals surface area contributed by atoms with Crippen LogP contribution in [0.15, 0.2) is 53.3 Å². The fraction of sp³-hybridized carbons (Fsp3) is 0.278. The largest absolute Gasteiger partial charge is 0.489 e. The standard InChI is InChI=1S/C18H18N4O2/c1-21-18(23)22(20-19-21)17-9-5-8-15(13-10-11-13)16(17)12-24-14-6-3-2-4-7-14/h2-9,13H,10-12H2,1H3. The van der Waals surface area contributed by atoms with E-state index in [9.17, 15) is 4.79 Å². The molecule has 0 bridgehead atoms. The van der Waals surface area contributed by atoms with E-state index in [-0.39, 0.29) is 5.69 Å². The number of aryl methyl sites for hydroxylation is 1. The molecule has 0 radical (unpaired) electrons. The number of rotatable bonds is 5. The van der Waals surface area contributed by atoms with Gasteiger partial charge in [0, 0.05) is 12.6 Å². The highest BCUT2D eigenvalue weighted by Gasteiger charge is 2.28. The minimum atomic E-state index is -0.260. The summed E-state index contributed by atoms with van der Waals surface area (Å²) in [5, 5.41) is 7.80. The van der Waals surface area contributed by atoms with Crippen LogP contribution in [0.3, 0.4) is 0 Å². The molecule has 0 spiro atoms. The molecule has 0 atom stereocenters. The third kappa shape index (κ3) is 2.71. The normalized spacial score (nSPS) is 13.9. The van der Waals surface area contributed by atoms with Gasteiger partial charge in [0.05, 0.1) is 5.69 Å². The van der Waals surface area contributed by atoms with Gasteiger partial charge in [-0.15, -0.1) is 0 Å². The highest BCUT2D eigenvalue weighted by Crippen LogP contribution is 2.43. The van der Waals surface area contributed by atoms with Gasteiger partial charge < -0.3 is 4.74 Å². The Labute approximate surface area is 139 Å². The number of tetrazole rings is 1. The molecule has 6 heteroatoms. The third-order valence-electron chi connectivity index (χ3n) is 4.28. The second-order valence-electron chi connectivity index (χ2n) is 6.02. The van der Waals surface area contributed by atoms with Crippen LogP contribution in [0.2, 0.25) is 0 Å². The summed E-state index contributed by atoms with van der Waals surface area (Å²) in [7, 11) is 1.59. The second-order valence-corrected chi connectivity index (χ2v) is 6.02. The molecule has 1 aliphatic rings. The molecule has 6 nitrogen and oxygen atoms in total. The van der Waals surface area contributed by atoms with Crippen LogP contribution < -0.4 is 10.4 Å². The highest BCUT2D eigenvalue weighted by molar-refractivity contribution is 5.48. The first kappa shape index (κ1) is 14.7. The molecule has 1 aliphatic carbocycles. The zero-order chi connectivity index (χ0) is 16.5. The van der Waals surface area contributed by atoms with Crippen LogP contribution in [0, 0.1) is 0 Å². The molecule has 1 fully saturated rings. The average molecular weight is 322 g/mol. The molecule has 3 aromatic rings. The van der Waals surface area contributed by atoms with Crippen molar-refractivity contribution in [2.24, 2.45) is 7.05 Å². The molecule has 0 amide bonds. The predicted molar refractivity (Wildman–Crippen MR) is 89.3 cm³/mol. The van der Waals surface area contributed by atoms with Crippen LogP contribution in [-0.2, 0) is 13.7 Å². The molecule has 1 saturated carbocycles. The minimum absolute atomic E-state index is 0.260. The van der Waals surface area contributed by atoms with Crippen LogP contribution in [0.5, 0.6) is 5.75 Å². The van der Waals surface area contributed by atoms with E-state index in [1.54, 1.807) is 7.05 Å². The Kier molecular flexibility index (Phi) is 3.65. The van der Waals surface area contributed by atoms with Crippen molar-refractivity contribution in [3.63, 3.8) is 0 Å². The maximum Gasteiger partial charge on any atom is 0.368 e. The van der Waals surface area contributed by atoms with Gasteiger partial charge >= 0.3 is 5.69 Å². The number of benzene rings is 2. The first-order chi connectivity index (χ1) is 11.7. The minimum Gasteiger partial charge on any atom is -0.489 e. The van der Waals surface area contributed by atoms with Crippen molar-refractivity contribution in [2.45, 2.75) is 25.4 Å². The number of ether oxygens (including phenoxy) is 1. The number of hydrogen-bond donors (Lipinski definition) is 0. The monoisotopic (exact) mass is 322 g/mol. The molecule has 0 N–H and O–H groups in total. The lowest BCUT2D eigenvalue weighted by atomic mass is 10.0. The Morgan fingerprint density at radius 3 is 2.54 bits per heavy atom. The lowest BCUT2D eigenvalue weighted by Crippen LogP contribution is -2.23. The summed E-state index contributed by atoms with van der Waals surface area (Å²) < 4.78 is 8.52. The highest BCUT2D eigenvalue weighted by atomic mass is 16.5. The van der Waals surface area contributed by atoms with Gasteiger partial charge in [0.25, 0.3) is 0 Å². The lowest BCUT2D eigenvalue weighted by molar-refractivity contribution is 0.304. The summed E-state index contributed by atoms with van der Waals surface area (Å²) in [5.41, 5.74) is 2.73. The van der Waals surface area contributed by atoms with E-state index >= 15 is 0 Å². The summed E-state index contributed by atoms with van der Waals surface area (Å²) in [6.45, 7) is 0.398. The van der Waals surface area contributed by atoms with Crippen molar-refractivity contribution < 1.29 is 4.74 Å². The Bertz CT molecular complexity index is 910. The fourth-order valence-electron chi connectivity index (χ4n) is 2.86. The Morgan fingerprint density at radius 2 is 1.88 bits per heavy atom. The molecule has 0 unspecified atom stereocenters. The van der Waals surface area contributed by atoms with Gasteiger partial charge in [0.2, 0.25) is 0 Å². The fourth-order valence-corrected chi connectivity index (χ4v) is 2.86. The lowest BCUT2D eigenvalue weighted by Gasteiger charge is -2.14. The summed E-state index contributed by atoms with van der Waals surface area (Å²) >= 11 is 0. The SMILES string of the molecule is Cn1nnn(-c2cccc(C3CC3)c2COc2ccccc2)c1=O. The molecule has 24 heavy (non-hydrogen) atoms. The van der Waals surface area contributed by atoms with Crippen molar-refractivity contribution >= 4 is 0 Å². The van der Waals surface area contributed by atoms with E-state index in [0.717, 1.165) is 17.0 Å². The van der Waals surface area contributed by atoms with E-state index in [1.165, 1.54) is 27.8 Å². The van der Waals surface area contributed by atoms with Crippen molar-refractivity contribution in [1.29, 1.82) is 0 Å². The average Bonchev–Trinajstić information content (AvgIpc) is 3.41. The zero-order valence-electron chi connectivity index (χ0n) is 13.4. The molecule has 2 aromatic carbocycles. The molecule has 0 aliphatic heterocycles. The van der Waals surface area contributed by atoms with E-state index in [4.69, 9.17) is 4.74 Å². The summed E-state index contributed by atoms with van der Waals surface area (Å²) in [6.07, 6.45) is 2.36. The second kappa shape index (κ2) is 5.96. The summed E-state index contributed by atoms with van der Waals surface area (Å²) in [5.74, 6) is 1.35. The van der Waals surface area contributed by atoms with Gasteiger partial charge in [0.15, 0.2) is 0 Å². The number of nitrogens with zero attached hydrogens (tertiary/aromatic N) is 4. The number of aromatic nitrogens is 4. The van der Waals surface area contributed by atoms with Gasteiger partial charge in [0.1, 0.15) is 12.4 Å². The summed E-state index contributed by atoms with van der Waals surface area (Å²) in [4.78, 5) is 12.3. The quantitative estimate of drug-likeness (QED) is 0.724. The van der Waals surface area contributed by atoms with Gasteiger partial charge in [-0.1, -0.05) is 30.3 Å². The van der Waals surface area contributed by atoms with E-state index in [1.807, 2.05) is 42.5 Å². The third-order valence-corrected chi connectivity index (χ3v) is 4.28. The van der Waals surface area contributed by atoms with Crippen LogP contribution >= 0.6 is 0 Å². The van der Waals surface area contributed by atoms with Crippen molar-refractivity contribution in [3.8, 4) is 11.4 Å². The van der Waals surface area contributed by atoms with Gasteiger partial charge in [-0.2, -0.15) is 9.36 Å².